The van der Waals surface area contributed by atoms with Gasteiger partial charge in [0.15, 0.2) is 0 Å². The summed E-state index contributed by atoms with van der Waals surface area (Å²) in [6.45, 7) is 1.63. The van der Waals surface area contributed by atoms with E-state index in [9.17, 15) is 19.7 Å². The van der Waals surface area contributed by atoms with Gasteiger partial charge in [-0.2, -0.15) is 0 Å². The Morgan fingerprint density at radius 2 is 2.08 bits per heavy atom. The lowest BCUT2D eigenvalue weighted by molar-refractivity contribution is -0.384. The quantitative estimate of drug-likeness (QED) is 0.395. The summed E-state index contributed by atoms with van der Waals surface area (Å²) in [4.78, 5) is 38.7. The molecule has 132 valence electrons. The van der Waals surface area contributed by atoms with Gasteiger partial charge in [-0.1, -0.05) is 11.6 Å². The van der Waals surface area contributed by atoms with Gasteiger partial charge in [-0.3, -0.25) is 19.3 Å². The molecule has 0 fully saturated rings. The van der Waals surface area contributed by atoms with Gasteiger partial charge >= 0.3 is 5.97 Å². The van der Waals surface area contributed by atoms with Crippen LogP contribution in [-0.4, -0.2) is 20.3 Å². The number of carbonyl (C=O) groups is 1. The largest absolute Gasteiger partial charge is 0.456 e. The molecule has 8 nitrogen and oxygen atoms in total. The van der Waals surface area contributed by atoms with Crippen LogP contribution in [0.5, 0.6) is 0 Å². The summed E-state index contributed by atoms with van der Waals surface area (Å²) >= 11 is 5.71. The van der Waals surface area contributed by atoms with E-state index < -0.39 is 16.6 Å². The van der Waals surface area contributed by atoms with Crippen molar-refractivity contribution < 1.29 is 14.5 Å². The molecule has 0 unspecified atom stereocenters. The number of nitro benzene ring substituents is 1. The van der Waals surface area contributed by atoms with Crippen molar-refractivity contribution in [1.82, 2.24) is 9.38 Å². The number of fused-ring (bicyclic) bond motifs is 1. The summed E-state index contributed by atoms with van der Waals surface area (Å²) in [6.07, 6.45) is 1.61. The Kier molecular flexibility index (Phi) is 4.68. The lowest BCUT2D eigenvalue weighted by atomic mass is 10.2. The van der Waals surface area contributed by atoms with Crippen molar-refractivity contribution >= 4 is 28.9 Å². The van der Waals surface area contributed by atoms with Gasteiger partial charge in [-0.15, -0.1) is 0 Å². The maximum absolute atomic E-state index is 12.1. The van der Waals surface area contributed by atoms with Crippen LogP contribution in [0, 0.1) is 17.0 Å². The van der Waals surface area contributed by atoms with Crippen molar-refractivity contribution in [2.45, 2.75) is 13.5 Å². The molecule has 0 bridgehead atoms. The Balaban J connectivity index is 1.82. The highest BCUT2D eigenvalue weighted by Crippen LogP contribution is 2.25. The molecular weight excluding hydrogens is 362 g/mol. The third kappa shape index (κ3) is 3.55. The highest BCUT2D eigenvalue weighted by atomic mass is 35.5. The second kappa shape index (κ2) is 6.93. The smallest absolute Gasteiger partial charge is 0.338 e. The molecule has 26 heavy (non-hydrogen) atoms. The van der Waals surface area contributed by atoms with Gasteiger partial charge in [0.05, 0.1) is 16.2 Å². The lowest BCUT2D eigenvalue weighted by Crippen LogP contribution is -2.16. The van der Waals surface area contributed by atoms with Crippen LogP contribution in [-0.2, 0) is 11.3 Å². The average Bonchev–Trinajstić information content (AvgIpc) is 2.59. The Bertz CT molecular complexity index is 1090. The van der Waals surface area contributed by atoms with Gasteiger partial charge in [0, 0.05) is 18.3 Å². The number of aromatic nitrogens is 2. The van der Waals surface area contributed by atoms with E-state index in [4.69, 9.17) is 16.3 Å². The molecule has 2 aromatic heterocycles. The first-order valence-corrected chi connectivity index (χ1v) is 7.83. The number of pyridine rings is 1. The monoisotopic (exact) mass is 373 g/mol. The van der Waals surface area contributed by atoms with E-state index in [1.807, 2.05) is 6.92 Å². The summed E-state index contributed by atoms with van der Waals surface area (Å²) < 4.78 is 6.48. The normalized spacial score (nSPS) is 10.7. The fourth-order valence-electron chi connectivity index (χ4n) is 2.33. The van der Waals surface area contributed by atoms with Crippen molar-refractivity contribution in [2.75, 3.05) is 0 Å². The second-order valence-electron chi connectivity index (χ2n) is 5.52. The fraction of sp³-hybridized carbons (Fsp3) is 0.118. The molecule has 0 atom stereocenters. The van der Waals surface area contributed by atoms with Gasteiger partial charge in [0.25, 0.3) is 11.2 Å². The number of benzene rings is 1. The van der Waals surface area contributed by atoms with Crippen molar-refractivity contribution in [3.63, 3.8) is 0 Å². The van der Waals surface area contributed by atoms with Crippen molar-refractivity contribution in [3.8, 4) is 0 Å². The lowest BCUT2D eigenvalue weighted by Gasteiger charge is -2.07. The number of esters is 1. The molecule has 0 amide bonds. The molecule has 0 aliphatic rings. The minimum Gasteiger partial charge on any atom is -0.456 e. The summed E-state index contributed by atoms with van der Waals surface area (Å²) in [5, 5.41) is 10.8. The maximum Gasteiger partial charge on any atom is 0.338 e. The molecule has 0 N–H and O–H groups in total. The van der Waals surface area contributed by atoms with Crippen LogP contribution >= 0.6 is 11.6 Å². The SMILES string of the molecule is Cc1ccn2c(=O)cc(COC(=O)c3ccc(Cl)c([N+](=O)[O-])c3)nc2c1. The number of nitro groups is 1. The first-order chi connectivity index (χ1) is 12.3. The van der Waals surface area contributed by atoms with Crippen LogP contribution in [0.3, 0.4) is 0 Å². The topological polar surface area (TPSA) is 104 Å². The molecule has 0 saturated heterocycles. The van der Waals surface area contributed by atoms with Gasteiger partial charge in [0.2, 0.25) is 0 Å². The molecule has 2 heterocycles. The first kappa shape index (κ1) is 17.6. The standard InChI is InChI=1S/C17H12ClN3O5/c1-10-4-5-20-15(6-10)19-12(8-16(20)22)9-26-17(23)11-2-3-13(18)14(7-11)21(24)25/h2-8H,9H2,1H3. The van der Waals surface area contributed by atoms with Crippen LogP contribution in [0.25, 0.3) is 5.65 Å². The van der Waals surface area contributed by atoms with E-state index in [2.05, 4.69) is 4.98 Å². The molecule has 9 heteroatoms. The molecule has 0 aliphatic carbocycles. The van der Waals surface area contributed by atoms with Crippen molar-refractivity contribution in [3.05, 3.63) is 84.9 Å². The number of aryl methyl sites for hydroxylation is 1. The number of nitrogens with zero attached hydrogens (tertiary/aromatic N) is 3. The molecule has 3 rings (SSSR count). The molecule has 0 radical (unpaired) electrons. The van der Waals surface area contributed by atoms with Crippen LogP contribution < -0.4 is 5.56 Å². The maximum atomic E-state index is 12.1. The number of halogens is 1. The number of rotatable bonds is 4. The molecule has 0 saturated carbocycles. The summed E-state index contributed by atoms with van der Waals surface area (Å²) in [7, 11) is 0. The molecule has 3 aromatic rings. The summed E-state index contributed by atoms with van der Waals surface area (Å²) in [6, 6.07) is 8.39. The zero-order valence-electron chi connectivity index (χ0n) is 13.5. The molecular formula is C17H12ClN3O5. The van der Waals surface area contributed by atoms with E-state index in [1.54, 1.807) is 18.3 Å². The molecule has 1 aromatic carbocycles. The predicted octanol–water partition coefficient (Wildman–Crippen LogP) is 2.92. The molecule has 0 spiro atoms. The van der Waals surface area contributed by atoms with E-state index in [1.165, 1.54) is 22.6 Å². The van der Waals surface area contributed by atoms with Crippen LogP contribution in [0.15, 0.2) is 47.4 Å². The third-order valence-electron chi connectivity index (χ3n) is 3.61. The second-order valence-corrected chi connectivity index (χ2v) is 5.92. The minimum absolute atomic E-state index is 0.0190. The first-order valence-electron chi connectivity index (χ1n) is 7.45. The Hall–Kier alpha value is -3.26. The van der Waals surface area contributed by atoms with E-state index in [0.717, 1.165) is 11.6 Å². The van der Waals surface area contributed by atoms with Gasteiger partial charge in [0.1, 0.15) is 17.3 Å². The van der Waals surface area contributed by atoms with Crippen LogP contribution in [0.1, 0.15) is 21.6 Å². The van der Waals surface area contributed by atoms with E-state index in [0.29, 0.717) is 5.65 Å². The number of hydrogen-bond acceptors (Lipinski definition) is 6. The summed E-state index contributed by atoms with van der Waals surface area (Å²) in [5.41, 5.74) is 0.930. The predicted molar refractivity (Wildman–Crippen MR) is 93.4 cm³/mol. The third-order valence-corrected chi connectivity index (χ3v) is 3.93. The Morgan fingerprint density at radius 1 is 1.31 bits per heavy atom. The fourth-order valence-corrected chi connectivity index (χ4v) is 2.52. The zero-order valence-corrected chi connectivity index (χ0v) is 14.3. The number of hydrogen-bond donors (Lipinski definition) is 0. The van der Waals surface area contributed by atoms with Gasteiger partial charge < -0.3 is 4.74 Å². The summed E-state index contributed by atoms with van der Waals surface area (Å²) in [5.74, 6) is -0.781. The van der Waals surface area contributed by atoms with Gasteiger partial charge in [-0.05, 0) is 36.8 Å². The Morgan fingerprint density at radius 3 is 2.81 bits per heavy atom. The van der Waals surface area contributed by atoms with Crippen LogP contribution in [0.4, 0.5) is 5.69 Å². The minimum atomic E-state index is -0.781. The van der Waals surface area contributed by atoms with E-state index >= 15 is 0 Å². The van der Waals surface area contributed by atoms with Crippen molar-refractivity contribution in [1.29, 1.82) is 0 Å². The number of ether oxygens (including phenoxy) is 1. The van der Waals surface area contributed by atoms with Crippen molar-refractivity contribution in [2.24, 2.45) is 0 Å². The Labute approximate surface area is 151 Å². The highest BCUT2D eigenvalue weighted by Gasteiger charge is 2.17. The highest BCUT2D eigenvalue weighted by molar-refractivity contribution is 6.32. The average molecular weight is 374 g/mol. The van der Waals surface area contributed by atoms with Gasteiger partial charge in [-0.25, -0.2) is 9.78 Å². The van der Waals surface area contributed by atoms with E-state index in [-0.39, 0.29) is 28.4 Å². The zero-order chi connectivity index (χ0) is 18.8. The van der Waals surface area contributed by atoms with Crippen LogP contribution in [0.2, 0.25) is 5.02 Å². The molecule has 0 aliphatic heterocycles. The number of carbonyl (C=O) groups excluding carboxylic acids is 1.